The normalized spacial score (nSPS) is 31.9. The van der Waals surface area contributed by atoms with Crippen molar-refractivity contribution in [2.75, 3.05) is 18.5 Å². The van der Waals surface area contributed by atoms with Gasteiger partial charge in [-0.1, -0.05) is 0 Å². The monoisotopic (exact) mass is 298 g/mol. The molecule has 3 N–H and O–H groups in total. The Morgan fingerprint density at radius 3 is 2.65 bits per heavy atom. The van der Waals surface area contributed by atoms with Gasteiger partial charge in [0.05, 0.1) is 19.3 Å². The third kappa shape index (κ3) is 2.76. The van der Waals surface area contributed by atoms with Crippen molar-refractivity contribution in [2.24, 2.45) is 0 Å². The lowest BCUT2D eigenvalue weighted by molar-refractivity contribution is 0.0180. The molecule has 20 heavy (non-hydrogen) atoms. The molecule has 4 atom stereocenters. The average Bonchev–Trinajstić information content (AvgIpc) is 2.97. The summed E-state index contributed by atoms with van der Waals surface area (Å²) in [7, 11) is 0. The summed E-state index contributed by atoms with van der Waals surface area (Å²) >= 11 is 5.21. The van der Waals surface area contributed by atoms with Crippen molar-refractivity contribution in [2.45, 2.75) is 24.4 Å². The maximum Gasteiger partial charge on any atom is 0.171 e. The fourth-order valence-electron chi connectivity index (χ4n) is 2.47. The quantitative estimate of drug-likeness (QED) is 0.697. The van der Waals surface area contributed by atoms with Crippen LogP contribution in [0.15, 0.2) is 24.3 Å². The zero-order chi connectivity index (χ0) is 14.1. The first-order chi connectivity index (χ1) is 9.63. The molecule has 0 radical (unpaired) electrons. The predicted octanol–water partition coefficient (Wildman–Crippen LogP) is 0.639. The van der Waals surface area contributed by atoms with Crippen LogP contribution in [0, 0.1) is 5.82 Å². The Balaban J connectivity index is 1.56. The first kappa shape index (κ1) is 13.7. The molecule has 0 aromatic heterocycles. The van der Waals surface area contributed by atoms with Gasteiger partial charge in [-0.2, -0.15) is 0 Å². The molecular weight excluding hydrogens is 283 g/mol. The number of hydrogen-bond acceptors (Lipinski definition) is 4. The zero-order valence-corrected chi connectivity index (χ0v) is 11.4. The molecule has 0 unspecified atom stereocenters. The minimum Gasteiger partial charge on any atom is -0.388 e. The smallest absolute Gasteiger partial charge is 0.171 e. The molecule has 1 aromatic carbocycles. The van der Waals surface area contributed by atoms with Gasteiger partial charge in [-0.25, -0.2) is 4.39 Å². The highest BCUT2D eigenvalue weighted by Crippen LogP contribution is 2.26. The number of anilines is 1. The van der Waals surface area contributed by atoms with E-state index in [2.05, 4.69) is 10.6 Å². The molecule has 0 bridgehead atoms. The van der Waals surface area contributed by atoms with Gasteiger partial charge < -0.3 is 25.2 Å². The van der Waals surface area contributed by atoms with Crippen LogP contribution < -0.4 is 10.6 Å². The van der Waals surface area contributed by atoms with Crippen molar-refractivity contribution >= 4 is 23.0 Å². The van der Waals surface area contributed by atoms with Gasteiger partial charge in [0.15, 0.2) is 5.11 Å². The van der Waals surface area contributed by atoms with Gasteiger partial charge in [-0.3, -0.25) is 0 Å². The van der Waals surface area contributed by atoms with E-state index in [4.69, 9.17) is 21.7 Å². The highest BCUT2D eigenvalue weighted by atomic mass is 32.1. The van der Waals surface area contributed by atoms with Gasteiger partial charge in [-0.15, -0.1) is 0 Å². The lowest BCUT2D eigenvalue weighted by atomic mass is 10.1. The van der Waals surface area contributed by atoms with Gasteiger partial charge in [0, 0.05) is 5.69 Å². The molecule has 2 fully saturated rings. The summed E-state index contributed by atoms with van der Waals surface area (Å²) in [5.74, 6) is -0.296. The summed E-state index contributed by atoms with van der Waals surface area (Å²) in [6.45, 7) is 0.712. The highest BCUT2D eigenvalue weighted by Gasteiger charge is 2.47. The average molecular weight is 298 g/mol. The Morgan fingerprint density at radius 2 is 1.90 bits per heavy atom. The van der Waals surface area contributed by atoms with Gasteiger partial charge in [0.25, 0.3) is 0 Å². The minimum absolute atomic E-state index is 0.0994. The fourth-order valence-corrected chi connectivity index (χ4v) is 2.74. The van der Waals surface area contributed by atoms with E-state index < -0.39 is 6.10 Å². The fraction of sp³-hybridized carbons (Fsp3) is 0.462. The lowest BCUT2D eigenvalue weighted by Gasteiger charge is -2.19. The third-order valence-corrected chi connectivity index (χ3v) is 3.67. The van der Waals surface area contributed by atoms with Crippen LogP contribution in [-0.4, -0.2) is 47.8 Å². The number of ether oxygens (including phenoxy) is 2. The van der Waals surface area contributed by atoms with Gasteiger partial charge in [0.2, 0.25) is 0 Å². The van der Waals surface area contributed by atoms with E-state index in [9.17, 15) is 9.50 Å². The first-order valence-corrected chi connectivity index (χ1v) is 6.78. The molecule has 2 aliphatic heterocycles. The maximum absolute atomic E-state index is 12.8. The number of fused-ring (bicyclic) bond motifs is 1. The largest absolute Gasteiger partial charge is 0.388 e. The number of hydrogen-bond donors (Lipinski definition) is 3. The molecule has 0 spiro atoms. The Hall–Kier alpha value is -1.28. The summed E-state index contributed by atoms with van der Waals surface area (Å²) in [6, 6.07) is 5.82. The molecule has 7 heteroatoms. The van der Waals surface area contributed by atoms with Crippen LogP contribution in [0.25, 0.3) is 0 Å². The molecule has 0 amide bonds. The van der Waals surface area contributed by atoms with Crippen LogP contribution in [0.5, 0.6) is 0 Å². The molecule has 2 aliphatic rings. The van der Waals surface area contributed by atoms with Crippen LogP contribution in [0.3, 0.4) is 0 Å². The Kier molecular flexibility index (Phi) is 3.84. The Labute approximate surface area is 121 Å². The molecule has 108 valence electrons. The van der Waals surface area contributed by atoms with E-state index in [1.807, 2.05) is 0 Å². The topological polar surface area (TPSA) is 62.8 Å². The van der Waals surface area contributed by atoms with Crippen LogP contribution >= 0.6 is 12.2 Å². The number of nitrogens with one attached hydrogen (secondary N) is 2. The van der Waals surface area contributed by atoms with Crippen molar-refractivity contribution in [3.63, 3.8) is 0 Å². The molecule has 0 saturated carbocycles. The van der Waals surface area contributed by atoms with Crippen molar-refractivity contribution in [3.8, 4) is 0 Å². The summed E-state index contributed by atoms with van der Waals surface area (Å²) < 4.78 is 23.8. The van der Waals surface area contributed by atoms with E-state index in [0.29, 0.717) is 17.4 Å². The number of rotatable bonds is 2. The van der Waals surface area contributed by atoms with E-state index >= 15 is 0 Å². The standard InChI is InChI=1S/C13H15FN2O3S/c14-7-1-3-8(4-2-7)15-13(20)16-9-5-18-12-10(17)6-19-11(9)12/h1-4,9-12,17H,5-6H2,(H2,15,16,20)/t9-,10+,11+,12+/m0/s1. The third-order valence-electron chi connectivity index (χ3n) is 3.45. The molecule has 3 rings (SSSR count). The number of aliphatic hydroxyl groups excluding tert-OH is 1. The summed E-state index contributed by atoms with van der Waals surface area (Å²) in [5, 5.41) is 16.1. The highest BCUT2D eigenvalue weighted by molar-refractivity contribution is 7.80. The number of halogens is 1. The summed E-state index contributed by atoms with van der Waals surface area (Å²) in [4.78, 5) is 0. The van der Waals surface area contributed by atoms with Gasteiger partial charge in [-0.05, 0) is 36.5 Å². The summed E-state index contributed by atoms with van der Waals surface area (Å²) in [6.07, 6.45) is -1.07. The molecular formula is C13H15FN2O3S. The van der Waals surface area contributed by atoms with Gasteiger partial charge >= 0.3 is 0 Å². The lowest BCUT2D eigenvalue weighted by Crippen LogP contribution is -2.45. The summed E-state index contributed by atoms with van der Waals surface area (Å²) in [5.41, 5.74) is 0.701. The van der Waals surface area contributed by atoms with Crippen LogP contribution in [0.2, 0.25) is 0 Å². The number of thiocarbonyl (C=S) groups is 1. The van der Waals surface area contributed by atoms with Crippen molar-refractivity contribution in [1.29, 1.82) is 0 Å². The van der Waals surface area contributed by atoms with E-state index in [1.54, 1.807) is 12.1 Å². The second-order valence-corrected chi connectivity index (χ2v) is 5.28. The molecule has 2 heterocycles. The van der Waals surface area contributed by atoms with E-state index in [-0.39, 0.29) is 30.7 Å². The van der Waals surface area contributed by atoms with Crippen LogP contribution in [0.4, 0.5) is 10.1 Å². The second-order valence-electron chi connectivity index (χ2n) is 4.88. The Bertz CT molecular complexity index is 499. The van der Waals surface area contributed by atoms with Crippen molar-refractivity contribution < 1.29 is 19.0 Å². The van der Waals surface area contributed by atoms with Crippen LogP contribution in [0.1, 0.15) is 0 Å². The molecule has 2 saturated heterocycles. The first-order valence-electron chi connectivity index (χ1n) is 6.38. The SMILES string of the molecule is O[C@@H]1CO[C@H]2[C@@H]1OC[C@@H]2NC(=S)Nc1ccc(F)cc1. The minimum atomic E-state index is -0.578. The zero-order valence-electron chi connectivity index (χ0n) is 10.6. The molecule has 0 aliphatic carbocycles. The van der Waals surface area contributed by atoms with E-state index in [1.165, 1.54) is 12.1 Å². The van der Waals surface area contributed by atoms with Crippen molar-refractivity contribution in [1.82, 2.24) is 5.32 Å². The Morgan fingerprint density at radius 1 is 1.20 bits per heavy atom. The molecule has 1 aromatic rings. The van der Waals surface area contributed by atoms with Gasteiger partial charge in [0.1, 0.15) is 24.1 Å². The maximum atomic E-state index is 12.8. The van der Waals surface area contributed by atoms with E-state index in [0.717, 1.165) is 0 Å². The predicted molar refractivity (Wildman–Crippen MR) is 75.0 cm³/mol. The van der Waals surface area contributed by atoms with Crippen LogP contribution in [-0.2, 0) is 9.47 Å². The van der Waals surface area contributed by atoms with Crippen molar-refractivity contribution in [3.05, 3.63) is 30.1 Å². The number of aliphatic hydroxyl groups is 1. The number of benzene rings is 1. The molecule has 5 nitrogen and oxygen atoms in total. The second kappa shape index (κ2) is 5.61.